The summed E-state index contributed by atoms with van der Waals surface area (Å²) >= 11 is 0. The predicted octanol–water partition coefficient (Wildman–Crippen LogP) is 2.08. The second-order valence-electron chi connectivity index (χ2n) is 3.50. The molecule has 1 aromatic rings. The number of halogens is 1. The summed E-state index contributed by atoms with van der Waals surface area (Å²) < 4.78 is 5.41. The molecule has 1 fully saturated rings. The molecular formula is C11H16ClNO. The molecule has 0 aromatic heterocycles. The van der Waals surface area contributed by atoms with Crippen molar-refractivity contribution in [1.82, 2.24) is 5.32 Å². The van der Waals surface area contributed by atoms with Crippen LogP contribution in [0.1, 0.15) is 17.2 Å². The summed E-state index contributed by atoms with van der Waals surface area (Å²) in [4.78, 5) is 0. The van der Waals surface area contributed by atoms with E-state index in [-0.39, 0.29) is 12.4 Å². The average Bonchev–Trinajstić information content (AvgIpc) is 2.19. The Hall–Kier alpha value is -0.570. The van der Waals surface area contributed by atoms with Gasteiger partial charge in [-0.1, -0.05) is 29.8 Å². The van der Waals surface area contributed by atoms with Crippen LogP contribution < -0.4 is 5.32 Å². The summed E-state index contributed by atoms with van der Waals surface area (Å²) in [5.41, 5.74) is 2.64. The molecule has 1 aromatic carbocycles. The van der Waals surface area contributed by atoms with E-state index < -0.39 is 0 Å². The van der Waals surface area contributed by atoms with Gasteiger partial charge in [0.25, 0.3) is 0 Å². The van der Waals surface area contributed by atoms with Gasteiger partial charge in [0.2, 0.25) is 0 Å². The highest BCUT2D eigenvalue weighted by atomic mass is 35.5. The Labute approximate surface area is 91.1 Å². The van der Waals surface area contributed by atoms with E-state index in [1.165, 1.54) is 11.1 Å². The van der Waals surface area contributed by atoms with Crippen LogP contribution in [-0.4, -0.2) is 19.8 Å². The summed E-state index contributed by atoms with van der Waals surface area (Å²) in [5.74, 6) is 0. The molecule has 0 saturated carbocycles. The second kappa shape index (κ2) is 5.35. The number of morpholine rings is 1. The fourth-order valence-electron chi connectivity index (χ4n) is 1.67. The van der Waals surface area contributed by atoms with Crippen LogP contribution in [0.4, 0.5) is 0 Å². The minimum absolute atomic E-state index is 0. The Balaban J connectivity index is 0.000000980. The quantitative estimate of drug-likeness (QED) is 0.772. The predicted molar refractivity (Wildman–Crippen MR) is 60.0 cm³/mol. The maximum absolute atomic E-state index is 5.41. The zero-order valence-electron chi connectivity index (χ0n) is 8.32. The molecule has 0 aliphatic carbocycles. The van der Waals surface area contributed by atoms with E-state index in [1.54, 1.807) is 0 Å². The third-order valence-electron chi connectivity index (χ3n) is 2.37. The van der Waals surface area contributed by atoms with Crippen LogP contribution in [0.15, 0.2) is 24.3 Å². The fraction of sp³-hybridized carbons (Fsp3) is 0.455. The highest BCUT2D eigenvalue weighted by Crippen LogP contribution is 2.16. The number of ether oxygens (including phenoxy) is 1. The van der Waals surface area contributed by atoms with Gasteiger partial charge >= 0.3 is 0 Å². The van der Waals surface area contributed by atoms with Crippen LogP contribution in [0.25, 0.3) is 0 Å². The van der Waals surface area contributed by atoms with E-state index in [9.17, 15) is 0 Å². The Morgan fingerprint density at radius 2 is 2.29 bits per heavy atom. The van der Waals surface area contributed by atoms with Crippen LogP contribution >= 0.6 is 12.4 Å². The second-order valence-corrected chi connectivity index (χ2v) is 3.50. The first-order valence-electron chi connectivity index (χ1n) is 4.74. The first-order valence-corrected chi connectivity index (χ1v) is 4.74. The van der Waals surface area contributed by atoms with Crippen LogP contribution in [-0.2, 0) is 4.74 Å². The number of benzene rings is 1. The Bertz CT molecular complexity index is 284. The van der Waals surface area contributed by atoms with E-state index in [1.807, 2.05) is 0 Å². The van der Waals surface area contributed by atoms with E-state index in [0.717, 1.165) is 19.8 Å². The van der Waals surface area contributed by atoms with Crippen LogP contribution in [0.3, 0.4) is 0 Å². The first kappa shape index (κ1) is 11.5. The van der Waals surface area contributed by atoms with Crippen molar-refractivity contribution in [2.24, 2.45) is 0 Å². The van der Waals surface area contributed by atoms with Gasteiger partial charge in [0.05, 0.1) is 19.3 Å². The molecule has 1 saturated heterocycles. The molecule has 3 heteroatoms. The minimum Gasteiger partial charge on any atom is -0.378 e. The van der Waals surface area contributed by atoms with Crippen LogP contribution in [0.2, 0.25) is 0 Å². The number of hydrogen-bond acceptors (Lipinski definition) is 2. The summed E-state index contributed by atoms with van der Waals surface area (Å²) in [6, 6.07) is 8.97. The lowest BCUT2D eigenvalue weighted by Gasteiger charge is -2.24. The van der Waals surface area contributed by atoms with Gasteiger partial charge in [-0.15, -0.1) is 12.4 Å². The molecule has 1 aliphatic rings. The third kappa shape index (κ3) is 2.71. The molecule has 1 atom stereocenters. The Kier molecular flexibility index (Phi) is 4.39. The highest BCUT2D eigenvalue weighted by Gasteiger charge is 2.14. The molecule has 2 rings (SSSR count). The van der Waals surface area contributed by atoms with Crippen molar-refractivity contribution in [3.05, 3.63) is 35.4 Å². The monoisotopic (exact) mass is 213 g/mol. The lowest BCUT2D eigenvalue weighted by Crippen LogP contribution is -2.34. The van der Waals surface area contributed by atoms with Crippen LogP contribution in [0, 0.1) is 6.92 Å². The number of rotatable bonds is 1. The highest BCUT2D eigenvalue weighted by molar-refractivity contribution is 5.85. The maximum Gasteiger partial charge on any atom is 0.0662 e. The van der Waals surface area contributed by atoms with Crippen molar-refractivity contribution in [3.63, 3.8) is 0 Å². The number of nitrogens with one attached hydrogen (secondary N) is 1. The fourth-order valence-corrected chi connectivity index (χ4v) is 1.67. The zero-order chi connectivity index (χ0) is 9.10. The number of aryl methyl sites for hydroxylation is 1. The number of hydrogen-bond donors (Lipinski definition) is 1. The Morgan fingerprint density at radius 3 is 2.93 bits per heavy atom. The molecule has 0 radical (unpaired) electrons. The molecule has 2 nitrogen and oxygen atoms in total. The van der Waals surface area contributed by atoms with Crippen LogP contribution in [0.5, 0.6) is 0 Å². The van der Waals surface area contributed by atoms with E-state index in [0.29, 0.717) is 6.04 Å². The zero-order valence-corrected chi connectivity index (χ0v) is 9.14. The van der Waals surface area contributed by atoms with Crippen molar-refractivity contribution in [1.29, 1.82) is 0 Å². The van der Waals surface area contributed by atoms with Gasteiger partial charge in [-0.25, -0.2) is 0 Å². The van der Waals surface area contributed by atoms with Gasteiger partial charge in [-0.2, -0.15) is 0 Å². The van der Waals surface area contributed by atoms with Gasteiger partial charge in [-0.05, 0) is 12.5 Å². The smallest absolute Gasteiger partial charge is 0.0662 e. The van der Waals surface area contributed by atoms with Gasteiger partial charge in [0.15, 0.2) is 0 Å². The molecular weight excluding hydrogens is 198 g/mol. The average molecular weight is 214 g/mol. The summed E-state index contributed by atoms with van der Waals surface area (Å²) in [6.07, 6.45) is 0. The lowest BCUT2D eigenvalue weighted by molar-refractivity contribution is 0.0769. The molecule has 78 valence electrons. The van der Waals surface area contributed by atoms with E-state index in [4.69, 9.17) is 4.74 Å². The molecule has 0 bridgehead atoms. The molecule has 0 unspecified atom stereocenters. The summed E-state index contributed by atoms with van der Waals surface area (Å²) in [6.45, 7) is 4.71. The SMILES string of the molecule is Cc1cccc([C@H]2COCCN2)c1.Cl. The minimum atomic E-state index is 0. The molecule has 1 aliphatic heterocycles. The standard InChI is InChI=1S/C11H15NO.ClH/c1-9-3-2-4-10(7-9)11-8-13-6-5-12-11;/h2-4,7,11-12H,5-6,8H2,1H3;1H/t11-;/m1./s1. The normalized spacial score (nSPS) is 21.4. The van der Waals surface area contributed by atoms with Gasteiger partial charge < -0.3 is 10.1 Å². The maximum atomic E-state index is 5.41. The van der Waals surface area contributed by atoms with Gasteiger partial charge in [0, 0.05) is 6.54 Å². The van der Waals surface area contributed by atoms with Gasteiger partial charge in [-0.3, -0.25) is 0 Å². The molecule has 1 heterocycles. The molecule has 1 N–H and O–H groups in total. The topological polar surface area (TPSA) is 21.3 Å². The van der Waals surface area contributed by atoms with Crippen molar-refractivity contribution in [2.45, 2.75) is 13.0 Å². The molecule has 0 amide bonds. The third-order valence-corrected chi connectivity index (χ3v) is 2.37. The first-order chi connectivity index (χ1) is 6.36. The van der Waals surface area contributed by atoms with Gasteiger partial charge in [0.1, 0.15) is 0 Å². The largest absolute Gasteiger partial charge is 0.378 e. The summed E-state index contributed by atoms with van der Waals surface area (Å²) in [7, 11) is 0. The lowest BCUT2D eigenvalue weighted by atomic mass is 10.0. The molecule has 0 spiro atoms. The van der Waals surface area contributed by atoms with Crippen molar-refractivity contribution >= 4 is 12.4 Å². The van der Waals surface area contributed by atoms with E-state index >= 15 is 0 Å². The van der Waals surface area contributed by atoms with Crippen molar-refractivity contribution in [3.8, 4) is 0 Å². The van der Waals surface area contributed by atoms with Crippen molar-refractivity contribution in [2.75, 3.05) is 19.8 Å². The van der Waals surface area contributed by atoms with Crippen molar-refractivity contribution < 1.29 is 4.74 Å². The van der Waals surface area contributed by atoms with E-state index in [2.05, 4.69) is 36.5 Å². The summed E-state index contributed by atoms with van der Waals surface area (Å²) in [5, 5.41) is 3.44. The molecule has 14 heavy (non-hydrogen) atoms. The Morgan fingerprint density at radius 1 is 1.43 bits per heavy atom.